The highest BCUT2D eigenvalue weighted by molar-refractivity contribution is 5.58. The molecule has 1 saturated carbocycles. The predicted octanol–water partition coefficient (Wildman–Crippen LogP) is 4.90. The van der Waals surface area contributed by atoms with Crippen LogP contribution in [0, 0.1) is 24.5 Å². The normalized spacial score (nSPS) is 26.5. The number of hydrogen-bond donors (Lipinski definition) is 0. The molecule has 0 amide bonds. The topological polar surface area (TPSA) is 69.9 Å². The molecule has 35 heavy (non-hydrogen) atoms. The number of ether oxygens (including phenoxy) is 1. The largest absolute Gasteiger partial charge is 0.453 e. The molecule has 0 unspecified atom stereocenters. The average Bonchev–Trinajstić information content (AvgIpc) is 3.55. The number of rotatable bonds is 4. The Morgan fingerprint density at radius 2 is 1.91 bits per heavy atom. The molecule has 3 aromatic rings. The number of carbonyl (C=O) groups is 1. The van der Waals surface area contributed by atoms with Gasteiger partial charge in [0.2, 0.25) is 0 Å². The number of benzene rings is 2. The van der Waals surface area contributed by atoms with Gasteiger partial charge in [-0.15, -0.1) is 5.10 Å². The minimum Gasteiger partial charge on any atom is -0.374 e. The third-order valence-electron chi connectivity index (χ3n) is 7.24. The number of carbonyl (C=O) groups excluding carboxylic acids is 1. The van der Waals surface area contributed by atoms with E-state index in [2.05, 4.69) is 15.5 Å². The summed E-state index contributed by atoms with van der Waals surface area (Å²) in [7, 11) is 0. The van der Waals surface area contributed by atoms with Crippen molar-refractivity contribution < 1.29 is 31.5 Å². The number of halogens is 5. The quantitative estimate of drug-likeness (QED) is 0.383. The third-order valence-corrected chi connectivity index (χ3v) is 7.24. The van der Waals surface area contributed by atoms with E-state index in [1.807, 2.05) is 0 Å². The van der Waals surface area contributed by atoms with Gasteiger partial charge in [-0.1, -0.05) is 12.1 Å². The monoisotopic (exact) mass is 492 g/mol. The molecule has 0 N–H and O–H groups in total. The molecule has 6 nitrogen and oxygen atoms in total. The second-order valence-corrected chi connectivity index (χ2v) is 9.20. The molecular formula is C24H21F5N4O2. The highest BCUT2D eigenvalue weighted by Crippen LogP contribution is 2.56. The molecule has 5 rings (SSSR count). The first-order valence-electron chi connectivity index (χ1n) is 11.1. The predicted molar refractivity (Wildman–Crippen MR) is 113 cm³/mol. The minimum absolute atomic E-state index is 0.145. The second-order valence-electron chi connectivity index (χ2n) is 9.20. The van der Waals surface area contributed by atoms with E-state index < -0.39 is 29.2 Å². The maximum absolute atomic E-state index is 14.9. The Balaban J connectivity index is 1.51. The molecule has 0 radical (unpaired) electrons. The van der Waals surface area contributed by atoms with Crippen molar-refractivity contribution in [2.75, 3.05) is 6.61 Å². The van der Waals surface area contributed by atoms with Crippen LogP contribution in [-0.2, 0) is 15.7 Å². The number of tetrazole rings is 1. The SMILES string of the molecule is Cc1c(F)cc(-n2nnnc2C(F)(F)F)cc1[C@H]1CO[C@]2(CC[C@H](C=O)[C@H]2c2ccc(F)cc2)C1. The van der Waals surface area contributed by atoms with Crippen molar-refractivity contribution in [2.24, 2.45) is 5.92 Å². The molecule has 1 aliphatic carbocycles. The molecule has 2 aromatic carbocycles. The summed E-state index contributed by atoms with van der Waals surface area (Å²) in [6.45, 7) is 1.76. The average molecular weight is 492 g/mol. The Kier molecular flexibility index (Phi) is 5.70. The second kappa shape index (κ2) is 8.47. The van der Waals surface area contributed by atoms with Crippen LogP contribution in [0.3, 0.4) is 0 Å². The third kappa shape index (κ3) is 4.01. The number of aromatic nitrogens is 4. The molecule has 2 heterocycles. The summed E-state index contributed by atoms with van der Waals surface area (Å²) in [6.07, 6.45) is -2.32. The smallest absolute Gasteiger partial charge is 0.374 e. The number of aldehydes is 1. The van der Waals surface area contributed by atoms with Crippen LogP contribution in [0.4, 0.5) is 22.0 Å². The highest BCUT2D eigenvalue weighted by atomic mass is 19.4. The Bertz CT molecular complexity index is 1260. The minimum atomic E-state index is -4.82. The van der Waals surface area contributed by atoms with Gasteiger partial charge in [-0.25, -0.2) is 8.78 Å². The van der Waals surface area contributed by atoms with Gasteiger partial charge in [0, 0.05) is 17.8 Å². The molecular weight excluding hydrogens is 471 g/mol. The van der Waals surface area contributed by atoms with E-state index in [9.17, 15) is 26.7 Å². The lowest BCUT2D eigenvalue weighted by atomic mass is 9.76. The lowest BCUT2D eigenvalue weighted by molar-refractivity contribution is -0.146. The summed E-state index contributed by atoms with van der Waals surface area (Å²) < 4.78 is 75.1. The maximum atomic E-state index is 14.9. The molecule has 1 spiro atoms. The zero-order valence-electron chi connectivity index (χ0n) is 18.6. The van der Waals surface area contributed by atoms with Gasteiger partial charge < -0.3 is 9.53 Å². The highest BCUT2D eigenvalue weighted by Gasteiger charge is 2.54. The van der Waals surface area contributed by atoms with Crippen LogP contribution >= 0.6 is 0 Å². The summed E-state index contributed by atoms with van der Waals surface area (Å²) in [4.78, 5) is 11.8. The Morgan fingerprint density at radius 3 is 2.60 bits per heavy atom. The van der Waals surface area contributed by atoms with E-state index in [0.717, 1.165) is 17.9 Å². The Morgan fingerprint density at radius 1 is 1.17 bits per heavy atom. The van der Waals surface area contributed by atoms with Crippen LogP contribution in [0.25, 0.3) is 5.69 Å². The van der Waals surface area contributed by atoms with E-state index in [4.69, 9.17) is 4.74 Å². The molecule has 4 atom stereocenters. The molecule has 11 heteroatoms. The molecule has 1 saturated heterocycles. The van der Waals surface area contributed by atoms with Crippen molar-refractivity contribution in [1.29, 1.82) is 0 Å². The number of alkyl halides is 3. The van der Waals surface area contributed by atoms with Gasteiger partial charge in [0.15, 0.2) is 0 Å². The Labute approximate surface area is 197 Å². The van der Waals surface area contributed by atoms with Crippen molar-refractivity contribution in [3.63, 3.8) is 0 Å². The van der Waals surface area contributed by atoms with E-state index >= 15 is 0 Å². The van der Waals surface area contributed by atoms with Crippen molar-refractivity contribution in [3.8, 4) is 5.69 Å². The van der Waals surface area contributed by atoms with Crippen LogP contribution in [0.5, 0.6) is 0 Å². The lowest BCUT2D eigenvalue weighted by Crippen LogP contribution is -2.33. The zero-order chi connectivity index (χ0) is 25.0. The van der Waals surface area contributed by atoms with Crippen LogP contribution in [-0.4, -0.2) is 38.7 Å². The molecule has 1 aromatic heterocycles. The van der Waals surface area contributed by atoms with Gasteiger partial charge in [0.05, 0.1) is 17.9 Å². The number of hydrogen-bond acceptors (Lipinski definition) is 5. The maximum Gasteiger partial charge on any atom is 0.453 e. The summed E-state index contributed by atoms with van der Waals surface area (Å²) >= 11 is 0. The van der Waals surface area contributed by atoms with Crippen LogP contribution in [0.2, 0.25) is 0 Å². The molecule has 0 bridgehead atoms. The molecule has 1 aliphatic heterocycles. The fourth-order valence-corrected chi connectivity index (χ4v) is 5.65. The van der Waals surface area contributed by atoms with E-state index in [-0.39, 0.29) is 30.0 Å². The van der Waals surface area contributed by atoms with Gasteiger partial charge in [0.1, 0.15) is 17.9 Å². The van der Waals surface area contributed by atoms with Crippen molar-refractivity contribution in [1.82, 2.24) is 20.2 Å². The summed E-state index contributed by atoms with van der Waals surface area (Å²) in [5.74, 6) is -3.39. The van der Waals surface area contributed by atoms with Crippen LogP contribution in [0.15, 0.2) is 36.4 Å². The van der Waals surface area contributed by atoms with Crippen LogP contribution < -0.4 is 0 Å². The molecule has 184 valence electrons. The van der Waals surface area contributed by atoms with Gasteiger partial charge >= 0.3 is 6.18 Å². The Hall–Kier alpha value is -3.21. The number of nitrogens with zero attached hydrogens (tertiary/aromatic N) is 4. The summed E-state index contributed by atoms with van der Waals surface area (Å²) in [6, 6.07) is 8.38. The standard InChI is InChI=1S/C24H21F5N4O2/c1-13-19(8-18(9-20(13)26)33-22(24(27,28)29)30-31-32-33)16-10-23(35-12-16)7-6-15(11-34)21(23)14-2-4-17(25)5-3-14/h2-5,8-9,11,15-16,21H,6-7,10,12H2,1H3/t15-,16-,21-,23-/m1/s1. The summed E-state index contributed by atoms with van der Waals surface area (Å²) in [5.41, 5.74) is 0.700. The fraction of sp³-hybridized carbons (Fsp3) is 0.417. The molecule has 2 aliphatic rings. The van der Waals surface area contributed by atoms with Gasteiger partial charge in [-0.05, 0) is 77.6 Å². The summed E-state index contributed by atoms with van der Waals surface area (Å²) in [5, 5.41) is 9.55. The van der Waals surface area contributed by atoms with Gasteiger partial charge in [0.25, 0.3) is 5.82 Å². The van der Waals surface area contributed by atoms with Crippen molar-refractivity contribution in [2.45, 2.75) is 49.8 Å². The first-order chi connectivity index (χ1) is 16.6. The first-order valence-corrected chi connectivity index (χ1v) is 11.1. The van der Waals surface area contributed by atoms with Crippen molar-refractivity contribution in [3.05, 3.63) is 70.5 Å². The first kappa shape index (κ1) is 23.5. The van der Waals surface area contributed by atoms with Crippen molar-refractivity contribution >= 4 is 6.29 Å². The fourth-order valence-electron chi connectivity index (χ4n) is 5.65. The lowest BCUT2D eigenvalue weighted by Gasteiger charge is -2.32. The molecule has 2 fully saturated rings. The van der Waals surface area contributed by atoms with E-state index in [1.165, 1.54) is 18.2 Å². The zero-order valence-corrected chi connectivity index (χ0v) is 18.6. The van der Waals surface area contributed by atoms with Crippen LogP contribution in [0.1, 0.15) is 53.6 Å². The van der Waals surface area contributed by atoms with Gasteiger partial charge in [-0.3, -0.25) is 0 Å². The van der Waals surface area contributed by atoms with E-state index in [1.54, 1.807) is 19.1 Å². The van der Waals surface area contributed by atoms with Gasteiger partial charge in [-0.2, -0.15) is 17.9 Å². The van der Waals surface area contributed by atoms with E-state index in [0.29, 0.717) is 35.1 Å².